The van der Waals surface area contributed by atoms with Gasteiger partial charge in [0.1, 0.15) is 0 Å². The van der Waals surface area contributed by atoms with Crippen molar-refractivity contribution >= 4 is 23.4 Å². The van der Waals surface area contributed by atoms with Crippen molar-refractivity contribution in [3.05, 3.63) is 65.2 Å². The fourth-order valence-corrected chi connectivity index (χ4v) is 3.92. The van der Waals surface area contributed by atoms with Crippen LogP contribution in [0, 0.1) is 5.92 Å². The molecular formula is C17H18ClNS. The summed E-state index contributed by atoms with van der Waals surface area (Å²) in [5, 5.41) is 0.789. The van der Waals surface area contributed by atoms with E-state index in [0.29, 0.717) is 11.8 Å². The van der Waals surface area contributed by atoms with Crippen molar-refractivity contribution in [2.24, 2.45) is 11.7 Å². The molecule has 1 aliphatic carbocycles. The van der Waals surface area contributed by atoms with Crippen LogP contribution in [0.1, 0.15) is 17.9 Å². The molecule has 0 amide bonds. The molecule has 3 heteroatoms. The summed E-state index contributed by atoms with van der Waals surface area (Å²) in [6.45, 7) is 0. The van der Waals surface area contributed by atoms with E-state index in [1.807, 2.05) is 18.2 Å². The van der Waals surface area contributed by atoms with Gasteiger partial charge in [-0.3, -0.25) is 0 Å². The van der Waals surface area contributed by atoms with E-state index in [0.717, 1.165) is 10.8 Å². The van der Waals surface area contributed by atoms with E-state index in [9.17, 15) is 0 Å². The Balaban J connectivity index is 1.53. The molecule has 2 N–H and O–H groups in total. The maximum absolute atomic E-state index is 6.34. The van der Waals surface area contributed by atoms with Crippen LogP contribution < -0.4 is 5.73 Å². The lowest BCUT2D eigenvalue weighted by Gasteiger charge is -2.11. The number of rotatable bonds is 5. The molecular weight excluding hydrogens is 286 g/mol. The Morgan fingerprint density at radius 3 is 2.70 bits per heavy atom. The number of hydrogen-bond donors (Lipinski definition) is 1. The first-order chi connectivity index (χ1) is 9.74. The summed E-state index contributed by atoms with van der Waals surface area (Å²) in [6.07, 6.45) is 1.22. The van der Waals surface area contributed by atoms with E-state index in [2.05, 4.69) is 36.4 Å². The SMILES string of the molecule is NC(CSc1cccc(Cl)c1)C1CC1c1ccccc1. The molecule has 0 bridgehead atoms. The highest BCUT2D eigenvalue weighted by atomic mass is 35.5. The normalized spacial score (nSPS) is 22.5. The van der Waals surface area contributed by atoms with Gasteiger partial charge in [-0.15, -0.1) is 11.8 Å². The highest BCUT2D eigenvalue weighted by molar-refractivity contribution is 7.99. The third kappa shape index (κ3) is 3.38. The topological polar surface area (TPSA) is 26.0 Å². The lowest BCUT2D eigenvalue weighted by Crippen LogP contribution is -2.25. The second-order valence-corrected chi connectivity index (χ2v) is 6.88. The van der Waals surface area contributed by atoms with Gasteiger partial charge in [0.25, 0.3) is 0 Å². The molecule has 2 aromatic carbocycles. The Kier molecular flexibility index (Phi) is 4.35. The van der Waals surface area contributed by atoms with Crippen LogP contribution in [0.5, 0.6) is 0 Å². The molecule has 104 valence electrons. The average molecular weight is 304 g/mol. The molecule has 0 aliphatic heterocycles. The fourth-order valence-electron chi connectivity index (χ4n) is 2.64. The van der Waals surface area contributed by atoms with E-state index in [1.54, 1.807) is 11.8 Å². The third-order valence-corrected chi connectivity index (χ3v) is 5.23. The van der Waals surface area contributed by atoms with Gasteiger partial charge < -0.3 is 5.73 Å². The van der Waals surface area contributed by atoms with Crippen molar-refractivity contribution in [2.75, 3.05) is 5.75 Å². The molecule has 1 fully saturated rings. The minimum absolute atomic E-state index is 0.254. The minimum atomic E-state index is 0.254. The van der Waals surface area contributed by atoms with Crippen LogP contribution in [0.25, 0.3) is 0 Å². The highest BCUT2D eigenvalue weighted by Crippen LogP contribution is 2.49. The van der Waals surface area contributed by atoms with E-state index >= 15 is 0 Å². The van der Waals surface area contributed by atoms with Crippen molar-refractivity contribution in [2.45, 2.75) is 23.3 Å². The fraction of sp³-hybridized carbons (Fsp3) is 0.294. The number of nitrogens with two attached hydrogens (primary N) is 1. The summed E-state index contributed by atoms with van der Waals surface area (Å²) in [7, 11) is 0. The van der Waals surface area contributed by atoms with Crippen molar-refractivity contribution < 1.29 is 0 Å². The predicted molar refractivity (Wildman–Crippen MR) is 87.4 cm³/mol. The van der Waals surface area contributed by atoms with Gasteiger partial charge in [0, 0.05) is 21.7 Å². The van der Waals surface area contributed by atoms with Crippen molar-refractivity contribution in [3.63, 3.8) is 0 Å². The molecule has 1 saturated carbocycles. The van der Waals surface area contributed by atoms with E-state index in [1.165, 1.54) is 16.9 Å². The monoisotopic (exact) mass is 303 g/mol. The van der Waals surface area contributed by atoms with Gasteiger partial charge in [0.15, 0.2) is 0 Å². The minimum Gasteiger partial charge on any atom is -0.327 e. The van der Waals surface area contributed by atoms with Crippen LogP contribution in [0.3, 0.4) is 0 Å². The number of hydrogen-bond acceptors (Lipinski definition) is 2. The van der Waals surface area contributed by atoms with Gasteiger partial charge in [-0.2, -0.15) is 0 Å². The van der Waals surface area contributed by atoms with Gasteiger partial charge in [0.05, 0.1) is 0 Å². The van der Waals surface area contributed by atoms with Gasteiger partial charge in [-0.25, -0.2) is 0 Å². The molecule has 0 aromatic heterocycles. The summed E-state index contributed by atoms with van der Waals surface area (Å²) in [5.74, 6) is 2.24. The van der Waals surface area contributed by atoms with Gasteiger partial charge in [-0.1, -0.05) is 48.0 Å². The van der Waals surface area contributed by atoms with E-state index in [-0.39, 0.29) is 6.04 Å². The first-order valence-electron chi connectivity index (χ1n) is 6.93. The molecule has 20 heavy (non-hydrogen) atoms. The Morgan fingerprint density at radius 2 is 1.95 bits per heavy atom. The highest BCUT2D eigenvalue weighted by Gasteiger charge is 2.42. The quantitative estimate of drug-likeness (QED) is 0.819. The largest absolute Gasteiger partial charge is 0.327 e. The van der Waals surface area contributed by atoms with Gasteiger partial charge >= 0.3 is 0 Å². The molecule has 2 aromatic rings. The predicted octanol–water partition coefficient (Wildman–Crippen LogP) is 4.56. The number of halogens is 1. The maximum Gasteiger partial charge on any atom is 0.0417 e. The Morgan fingerprint density at radius 1 is 1.15 bits per heavy atom. The summed E-state index contributed by atoms with van der Waals surface area (Å²) in [6, 6.07) is 18.9. The Bertz CT molecular complexity index is 572. The zero-order chi connectivity index (χ0) is 13.9. The standard InChI is InChI=1S/C17H18ClNS/c18-13-7-4-8-14(9-13)20-11-17(19)16-10-15(16)12-5-2-1-3-6-12/h1-9,15-17H,10-11,19H2. The summed E-state index contributed by atoms with van der Waals surface area (Å²) < 4.78 is 0. The van der Waals surface area contributed by atoms with Crippen LogP contribution in [-0.4, -0.2) is 11.8 Å². The lowest BCUT2D eigenvalue weighted by atomic mass is 10.1. The second-order valence-electron chi connectivity index (χ2n) is 5.35. The van der Waals surface area contributed by atoms with Gasteiger partial charge in [0.2, 0.25) is 0 Å². The zero-order valence-corrected chi connectivity index (χ0v) is 12.8. The smallest absolute Gasteiger partial charge is 0.0417 e. The molecule has 0 saturated heterocycles. The van der Waals surface area contributed by atoms with E-state index < -0.39 is 0 Å². The molecule has 1 aliphatic rings. The summed E-state index contributed by atoms with van der Waals surface area (Å²) in [5.41, 5.74) is 7.77. The molecule has 0 spiro atoms. The molecule has 3 rings (SSSR count). The van der Waals surface area contributed by atoms with Crippen molar-refractivity contribution in [1.29, 1.82) is 0 Å². The lowest BCUT2D eigenvalue weighted by molar-refractivity contribution is 0.640. The van der Waals surface area contributed by atoms with Crippen LogP contribution in [0.4, 0.5) is 0 Å². The Hall–Kier alpha value is -0.960. The molecule has 0 heterocycles. The summed E-state index contributed by atoms with van der Waals surface area (Å²) >= 11 is 7.79. The Labute approximate surface area is 129 Å². The molecule has 3 atom stereocenters. The van der Waals surface area contributed by atoms with Crippen molar-refractivity contribution in [1.82, 2.24) is 0 Å². The molecule has 0 radical (unpaired) electrons. The number of benzene rings is 2. The second kappa shape index (κ2) is 6.21. The van der Waals surface area contributed by atoms with Crippen LogP contribution >= 0.6 is 23.4 Å². The average Bonchev–Trinajstić information content (AvgIpc) is 3.26. The van der Waals surface area contributed by atoms with Crippen LogP contribution in [0.15, 0.2) is 59.5 Å². The summed E-state index contributed by atoms with van der Waals surface area (Å²) in [4.78, 5) is 1.20. The zero-order valence-electron chi connectivity index (χ0n) is 11.2. The molecule has 1 nitrogen and oxygen atoms in total. The molecule has 3 unspecified atom stereocenters. The first kappa shape index (κ1) is 14.0. The van der Waals surface area contributed by atoms with Crippen LogP contribution in [-0.2, 0) is 0 Å². The van der Waals surface area contributed by atoms with Crippen LogP contribution in [0.2, 0.25) is 5.02 Å². The van der Waals surface area contributed by atoms with E-state index in [4.69, 9.17) is 17.3 Å². The first-order valence-corrected chi connectivity index (χ1v) is 8.29. The number of thioether (sulfide) groups is 1. The van der Waals surface area contributed by atoms with Crippen molar-refractivity contribution in [3.8, 4) is 0 Å². The van der Waals surface area contributed by atoms with Gasteiger partial charge in [-0.05, 0) is 42.0 Å². The maximum atomic E-state index is 6.34. The third-order valence-electron chi connectivity index (χ3n) is 3.86.